The molecule has 1 saturated carbocycles. The van der Waals surface area contributed by atoms with E-state index < -0.39 is 0 Å². The third-order valence-electron chi connectivity index (χ3n) is 6.34. The summed E-state index contributed by atoms with van der Waals surface area (Å²) in [6.45, 7) is 11.1. The molecular weight excluding hydrogens is 364 g/mol. The fourth-order valence-electron chi connectivity index (χ4n) is 4.57. The summed E-state index contributed by atoms with van der Waals surface area (Å²) < 4.78 is 8.17. The summed E-state index contributed by atoms with van der Waals surface area (Å²) in [5, 5.41) is 15.7. The van der Waals surface area contributed by atoms with Crippen molar-refractivity contribution >= 4 is 5.96 Å². The van der Waals surface area contributed by atoms with Gasteiger partial charge in [0.05, 0.1) is 6.10 Å². The Labute approximate surface area is 176 Å². The normalized spacial score (nSPS) is 24.5. The summed E-state index contributed by atoms with van der Waals surface area (Å²) in [7, 11) is 2.00. The molecule has 2 atom stereocenters. The number of nitrogens with zero attached hydrogens (tertiary/aromatic N) is 4. The Hall–Kier alpha value is -1.63. The van der Waals surface area contributed by atoms with Crippen molar-refractivity contribution in [2.24, 2.45) is 23.4 Å². The number of aromatic nitrogens is 3. The molecule has 2 aliphatic rings. The molecule has 2 N–H and O–H groups in total. The second kappa shape index (κ2) is 9.92. The van der Waals surface area contributed by atoms with E-state index in [0.29, 0.717) is 18.5 Å². The second-order valence-corrected chi connectivity index (χ2v) is 9.81. The van der Waals surface area contributed by atoms with Gasteiger partial charge in [0.25, 0.3) is 0 Å². The zero-order valence-electron chi connectivity index (χ0n) is 19.0. The minimum absolute atomic E-state index is 0.150. The van der Waals surface area contributed by atoms with Crippen LogP contribution in [0.5, 0.6) is 0 Å². The molecule has 7 nitrogen and oxygen atoms in total. The van der Waals surface area contributed by atoms with E-state index in [2.05, 4.69) is 41.6 Å². The number of nitrogens with one attached hydrogen (secondary N) is 2. The molecule has 0 radical (unpaired) electrons. The fourth-order valence-corrected chi connectivity index (χ4v) is 4.57. The van der Waals surface area contributed by atoms with Gasteiger partial charge in [-0.15, -0.1) is 10.2 Å². The van der Waals surface area contributed by atoms with Crippen LogP contribution in [0.2, 0.25) is 0 Å². The summed E-state index contributed by atoms with van der Waals surface area (Å²) in [6.07, 6.45) is 9.02. The summed E-state index contributed by atoms with van der Waals surface area (Å²) in [5.41, 5.74) is 0.150. The van der Waals surface area contributed by atoms with E-state index in [1.807, 2.05) is 18.5 Å². The minimum atomic E-state index is 0.150. The average Bonchev–Trinajstić information content (AvgIpc) is 3.02. The van der Waals surface area contributed by atoms with Gasteiger partial charge < -0.3 is 19.9 Å². The summed E-state index contributed by atoms with van der Waals surface area (Å²) in [4.78, 5) is 4.86. The zero-order valence-corrected chi connectivity index (χ0v) is 19.0. The van der Waals surface area contributed by atoms with E-state index >= 15 is 0 Å². The third-order valence-corrected chi connectivity index (χ3v) is 6.34. The Morgan fingerprint density at radius 2 is 1.90 bits per heavy atom. The van der Waals surface area contributed by atoms with Crippen LogP contribution in [0.4, 0.5) is 0 Å². The lowest BCUT2D eigenvalue weighted by atomic mass is 9.78. The molecule has 1 aromatic heterocycles. The van der Waals surface area contributed by atoms with Gasteiger partial charge in [0.1, 0.15) is 12.4 Å². The number of aryl methyl sites for hydroxylation is 1. The Kier molecular flexibility index (Phi) is 7.55. The molecule has 1 saturated heterocycles. The molecule has 0 bridgehead atoms. The summed E-state index contributed by atoms with van der Waals surface area (Å²) >= 11 is 0. The highest BCUT2D eigenvalue weighted by molar-refractivity contribution is 5.80. The smallest absolute Gasteiger partial charge is 0.191 e. The van der Waals surface area contributed by atoms with Crippen molar-refractivity contribution in [3.05, 3.63) is 11.6 Å². The van der Waals surface area contributed by atoms with Crippen molar-refractivity contribution in [1.82, 2.24) is 25.4 Å². The maximum Gasteiger partial charge on any atom is 0.191 e. The average molecular weight is 405 g/mol. The van der Waals surface area contributed by atoms with Crippen LogP contribution in [0.15, 0.2) is 4.99 Å². The molecule has 164 valence electrons. The van der Waals surface area contributed by atoms with Crippen LogP contribution in [0.25, 0.3) is 0 Å². The van der Waals surface area contributed by atoms with Gasteiger partial charge in [-0.3, -0.25) is 0 Å². The molecule has 0 amide bonds. The second-order valence-electron chi connectivity index (χ2n) is 9.81. The molecule has 1 aromatic rings. The van der Waals surface area contributed by atoms with Crippen LogP contribution < -0.4 is 10.6 Å². The zero-order chi connectivity index (χ0) is 20.9. The van der Waals surface area contributed by atoms with Crippen molar-refractivity contribution in [1.29, 1.82) is 0 Å². The summed E-state index contributed by atoms with van der Waals surface area (Å²) in [6, 6.07) is 0.511. The fraction of sp³-hybridized carbons (Fsp3) is 0.864. The van der Waals surface area contributed by atoms with Gasteiger partial charge in [-0.05, 0) is 38.0 Å². The van der Waals surface area contributed by atoms with Crippen molar-refractivity contribution in [3.8, 4) is 0 Å². The van der Waals surface area contributed by atoms with Crippen molar-refractivity contribution in [3.63, 3.8) is 0 Å². The van der Waals surface area contributed by atoms with E-state index in [9.17, 15) is 0 Å². The number of rotatable bonds is 5. The molecule has 7 heteroatoms. The molecule has 1 aliphatic heterocycles. The largest absolute Gasteiger partial charge is 0.377 e. The van der Waals surface area contributed by atoms with Crippen molar-refractivity contribution in [2.45, 2.75) is 91.3 Å². The van der Waals surface area contributed by atoms with Gasteiger partial charge in [-0.2, -0.15) is 0 Å². The first-order chi connectivity index (χ1) is 13.8. The van der Waals surface area contributed by atoms with Crippen LogP contribution in [-0.4, -0.2) is 46.0 Å². The van der Waals surface area contributed by atoms with Gasteiger partial charge >= 0.3 is 0 Å². The van der Waals surface area contributed by atoms with Gasteiger partial charge in [0, 0.05) is 32.2 Å². The molecule has 2 heterocycles. The lowest BCUT2D eigenvalue weighted by Gasteiger charge is -2.40. The maximum absolute atomic E-state index is 6.16. The van der Waals surface area contributed by atoms with E-state index in [1.165, 1.54) is 38.5 Å². The van der Waals surface area contributed by atoms with Gasteiger partial charge in [-0.25, -0.2) is 4.99 Å². The lowest BCUT2D eigenvalue weighted by molar-refractivity contribution is -0.0835. The lowest BCUT2D eigenvalue weighted by Crippen LogP contribution is -2.49. The van der Waals surface area contributed by atoms with E-state index in [4.69, 9.17) is 9.73 Å². The molecule has 0 aromatic carbocycles. The monoisotopic (exact) mass is 404 g/mol. The van der Waals surface area contributed by atoms with Crippen LogP contribution in [0, 0.1) is 18.3 Å². The molecular formula is C22H40N6O. The standard InChI is InChI=1S/C22H40N6O/c1-16-26-27-19(28(16)5)15-24-21(25-18-11-7-6-8-12-18)23-14-17-10-9-13-29-20(17)22(2,3)4/h17-18,20H,6-15H2,1-5H3,(H2,23,24,25). The van der Waals surface area contributed by atoms with Gasteiger partial charge in [-0.1, -0.05) is 40.0 Å². The minimum Gasteiger partial charge on any atom is -0.377 e. The molecule has 2 unspecified atom stereocenters. The first-order valence-corrected chi connectivity index (χ1v) is 11.4. The number of hydrogen-bond acceptors (Lipinski definition) is 4. The first kappa shape index (κ1) is 22.1. The quantitative estimate of drug-likeness (QED) is 0.581. The highest BCUT2D eigenvalue weighted by Gasteiger charge is 2.35. The number of ether oxygens (including phenoxy) is 1. The van der Waals surface area contributed by atoms with E-state index in [-0.39, 0.29) is 11.5 Å². The number of hydrogen-bond donors (Lipinski definition) is 2. The topological polar surface area (TPSA) is 76.4 Å². The Morgan fingerprint density at radius 3 is 2.55 bits per heavy atom. The highest BCUT2D eigenvalue weighted by Crippen LogP contribution is 2.33. The van der Waals surface area contributed by atoms with Crippen molar-refractivity contribution in [2.75, 3.05) is 13.2 Å². The van der Waals surface area contributed by atoms with Crippen molar-refractivity contribution < 1.29 is 4.74 Å². The number of guanidine groups is 1. The molecule has 3 rings (SSSR count). The predicted molar refractivity (Wildman–Crippen MR) is 117 cm³/mol. The number of aliphatic imine (C=N–C) groups is 1. The molecule has 0 spiro atoms. The Balaban J connectivity index is 1.66. The Morgan fingerprint density at radius 1 is 1.14 bits per heavy atom. The summed E-state index contributed by atoms with van der Waals surface area (Å²) in [5.74, 6) is 3.20. The van der Waals surface area contributed by atoms with Crippen LogP contribution in [0.3, 0.4) is 0 Å². The van der Waals surface area contributed by atoms with Crippen LogP contribution in [0.1, 0.15) is 77.4 Å². The molecule has 29 heavy (non-hydrogen) atoms. The van der Waals surface area contributed by atoms with Crippen LogP contribution >= 0.6 is 0 Å². The van der Waals surface area contributed by atoms with Crippen LogP contribution in [-0.2, 0) is 18.3 Å². The third kappa shape index (κ3) is 6.17. The van der Waals surface area contributed by atoms with Gasteiger partial charge in [0.15, 0.2) is 11.8 Å². The van der Waals surface area contributed by atoms with E-state index in [1.54, 1.807) is 0 Å². The maximum atomic E-state index is 6.16. The van der Waals surface area contributed by atoms with Gasteiger partial charge in [0.2, 0.25) is 0 Å². The molecule has 1 aliphatic carbocycles. The molecule has 2 fully saturated rings. The first-order valence-electron chi connectivity index (χ1n) is 11.4. The highest BCUT2D eigenvalue weighted by atomic mass is 16.5. The Bertz CT molecular complexity index is 671. The predicted octanol–water partition coefficient (Wildman–Crippen LogP) is 3.33. The SMILES string of the molecule is Cc1nnc(CN=C(NCC2CCCOC2C(C)(C)C)NC2CCCCC2)n1C. The van der Waals surface area contributed by atoms with E-state index in [0.717, 1.165) is 37.2 Å².